The number of hydrogen-bond donors (Lipinski definition) is 1. The van der Waals surface area contributed by atoms with Gasteiger partial charge in [-0.1, -0.05) is 0 Å². The highest BCUT2D eigenvalue weighted by Crippen LogP contribution is 2.24. The normalized spacial score (nSPS) is 10.6. The molecule has 2 rings (SSSR count). The van der Waals surface area contributed by atoms with Gasteiger partial charge in [-0.25, -0.2) is 14.2 Å². The van der Waals surface area contributed by atoms with E-state index in [1.807, 2.05) is 11.5 Å². The van der Waals surface area contributed by atoms with Gasteiger partial charge in [-0.15, -0.1) is 11.8 Å². The Hall–Kier alpha value is -1.82. The summed E-state index contributed by atoms with van der Waals surface area (Å²) < 4.78 is 15.3. The Morgan fingerprint density at radius 3 is 3.00 bits per heavy atom. The van der Waals surface area contributed by atoms with Crippen LogP contribution < -0.4 is 0 Å². The number of hydrogen-bond acceptors (Lipinski definition) is 3. The number of thioether (sulfide) groups is 1. The molecule has 0 unspecified atom stereocenters. The standard InChI is InChI=1S/C13H13FN2O2S/c1-2-16-8-15-6-9(16)7-19-10-3-4-12(14)11(5-10)13(17)18/h3-6,8H,2,7H2,1H3,(H,17,18). The molecule has 0 aliphatic carbocycles. The number of aryl methyl sites for hydroxylation is 1. The number of halogens is 1. The van der Waals surface area contributed by atoms with Crippen molar-refractivity contribution in [3.8, 4) is 0 Å². The second kappa shape index (κ2) is 5.88. The molecular weight excluding hydrogens is 267 g/mol. The third kappa shape index (κ3) is 3.14. The first-order valence-corrected chi connectivity index (χ1v) is 6.75. The molecule has 0 bridgehead atoms. The average Bonchev–Trinajstić information content (AvgIpc) is 2.84. The minimum absolute atomic E-state index is 0.297. The van der Waals surface area contributed by atoms with Gasteiger partial charge in [-0.2, -0.15) is 0 Å². The molecule has 0 spiro atoms. The monoisotopic (exact) mass is 280 g/mol. The molecule has 0 saturated heterocycles. The smallest absolute Gasteiger partial charge is 0.338 e. The molecule has 2 aromatic rings. The fourth-order valence-electron chi connectivity index (χ4n) is 1.67. The number of nitrogens with zero attached hydrogens (tertiary/aromatic N) is 2. The zero-order valence-electron chi connectivity index (χ0n) is 10.3. The van der Waals surface area contributed by atoms with Gasteiger partial charge >= 0.3 is 5.97 Å². The Morgan fingerprint density at radius 2 is 2.32 bits per heavy atom. The van der Waals surface area contributed by atoms with E-state index in [1.165, 1.54) is 23.9 Å². The summed E-state index contributed by atoms with van der Waals surface area (Å²) in [4.78, 5) is 15.6. The van der Waals surface area contributed by atoms with Crippen LogP contribution in [-0.4, -0.2) is 20.6 Å². The number of aromatic nitrogens is 2. The van der Waals surface area contributed by atoms with Crippen molar-refractivity contribution in [3.05, 3.63) is 47.8 Å². The van der Waals surface area contributed by atoms with Crippen molar-refractivity contribution in [1.82, 2.24) is 9.55 Å². The molecule has 0 atom stereocenters. The van der Waals surface area contributed by atoms with Crippen LogP contribution in [0, 0.1) is 5.82 Å². The Bertz CT molecular complexity index is 598. The second-order valence-corrected chi connectivity index (χ2v) is 4.96. The Kier molecular flexibility index (Phi) is 4.21. The van der Waals surface area contributed by atoms with Gasteiger partial charge in [0.25, 0.3) is 0 Å². The third-order valence-electron chi connectivity index (χ3n) is 2.69. The van der Waals surface area contributed by atoms with Crippen LogP contribution in [0.4, 0.5) is 4.39 Å². The number of carbonyl (C=O) groups is 1. The minimum Gasteiger partial charge on any atom is -0.478 e. The molecule has 0 amide bonds. The number of aromatic carboxylic acids is 1. The van der Waals surface area contributed by atoms with E-state index in [9.17, 15) is 9.18 Å². The Labute approximate surface area is 114 Å². The van der Waals surface area contributed by atoms with E-state index in [4.69, 9.17) is 5.11 Å². The van der Waals surface area contributed by atoms with Crippen molar-refractivity contribution in [2.24, 2.45) is 0 Å². The number of imidazole rings is 1. The fraction of sp³-hybridized carbons (Fsp3) is 0.231. The van der Waals surface area contributed by atoms with Crippen LogP contribution in [0.2, 0.25) is 0 Å². The minimum atomic E-state index is -1.25. The lowest BCUT2D eigenvalue weighted by molar-refractivity contribution is 0.0691. The van der Waals surface area contributed by atoms with Crippen molar-refractivity contribution in [3.63, 3.8) is 0 Å². The molecule has 1 aromatic heterocycles. The molecule has 1 heterocycles. The molecule has 0 aliphatic rings. The summed E-state index contributed by atoms with van der Waals surface area (Å²) in [5.41, 5.74) is 0.752. The van der Waals surface area contributed by atoms with E-state index in [2.05, 4.69) is 4.98 Å². The maximum Gasteiger partial charge on any atom is 0.338 e. The van der Waals surface area contributed by atoms with Gasteiger partial charge < -0.3 is 9.67 Å². The first-order chi connectivity index (χ1) is 9.11. The van der Waals surface area contributed by atoms with E-state index in [0.717, 1.165) is 17.1 Å². The van der Waals surface area contributed by atoms with Crippen LogP contribution in [0.15, 0.2) is 35.6 Å². The summed E-state index contributed by atoms with van der Waals surface area (Å²) >= 11 is 1.46. The van der Waals surface area contributed by atoms with Crippen molar-refractivity contribution in [1.29, 1.82) is 0 Å². The quantitative estimate of drug-likeness (QED) is 0.855. The second-order valence-electron chi connectivity index (χ2n) is 3.91. The van der Waals surface area contributed by atoms with Crippen molar-refractivity contribution in [2.75, 3.05) is 0 Å². The predicted octanol–water partition coefficient (Wildman–Crippen LogP) is 3.03. The fourth-order valence-corrected chi connectivity index (χ4v) is 2.59. The predicted molar refractivity (Wildman–Crippen MR) is 70.8 cm³/mol. The van der Waals surface area contributed by atoms with Crippen molar-refractivity contribution >= 4 is 17.7 Å². The van der Waals surface area contributed by atoms with Gasteiger partial charge in [0.15, 0.2) is 0 Å². The van der Waals surface area contributed by atoms with Crippen molar-refractivity contribution in [2.45, 2.75) is 24.1 Å². The molecule has 0 fully saturated rings. The Balaban J connectivity index is 2.12. The first-order valence-electron chi connectivity index (χ1n) is 5.76. The molecule has 19 heavy (non-hydrogen) atoms. The van der Waals surface area contributed by atoms with Gasteiger partial charge in [-0.3, -0.25) is 0 Å². The third-order valence-corrected chi connectivity index (χ3v) is 3.72. The van der Waals surface area contributed by atoms with E-state index >= 15 is 0 Å². The largest absolute Gasteiger partial charge is 0.478 e. The van der Waals surface area contributed by atoms with E-state index < -0.39 is 11.8 Å². The molecule has 0 radical (unpaired) electrons. The molecule has 4 nitrogen and oxygen atoms in total. The summed E-state index contributed by atoms with van der Waals surface area (Å²) in [7, 11) is 0. The van der Waals surface area contributed by atoms with Crippen LogP contribution in [0.5, 0.6) is 0 Å². The SMILES string of the molecule is CCn1cncc1CSc1ccc(F)c(C(=O)O)c1. The molecule has 6 heteroatoms. The number of carboxylic acid groups (broad SMARTS) is 1. The van der Waals surface area contributed by atoms with Crippen LogP contribution in [-0.2, 0) is 12.3 Å². The maximum absolute atomic E-state index is 13.2. The molecule has 1 N–H and O–H groups in total. The number of carboxylic acids is 1. The molecule has 100 valence electrons. The lowest BCUT2D eigenvalue weighted by Crippen LogP contribution is -2.00. The van der Waals surface area contributed by atoms with Gasteiger partial charge in [0.1, 0.15) is 5.82 Å². The lowest BCUT2D eigenvalue weighted by Gasteiger charge is -2.06. The molecule has 1 aromatic carbocycles. The van der Waals surface area contributed by atoms with Crippen LogP contribution >= 0.6 is 11.8 Å². The van der Waals surface area contributed by atoms with Gasteiger partial charge in [0.2, 0.25) is 0 Å². The molecule has 0 aliphatic heterocycles. The topological polar surface area (TPSA) is 55.1 Å². The number of rotatable bonds is 5. The zero-order chi connectivity index (χ0) is 13.8. The van der Waals surface area contributed by atoms with Gasteiger partial charge in [0.05, 0.1) is 11.9 Å². The summed E-state index contributed by atoms with van der Waals surface area (Å²) in [6, 6.07) is 4.12. The van der Waals surface area contributed by atoms with Crippen molar-refractivity contribution < 1.29 is 14.3 Å². The highest BCUT2D eigenvalue weighted by atomic mass is 32.2. The van der Waals surface area contributed by atoms with E-state index in [1.54, 1.807) is 18.6 Å². The number of benzene rings is 1. The van der Waals surface area contributed by atoms with Crippen LogP contribution in [0.1, 0.15) is 23.0 Å². The van der Waals surface area contributed by atoms with Gasteiger partial charge in [-0.05, 0) is 25.1 Å². The first kappa shape index (κ1) is 13.6. The van der Waals surface area contributed by atoms with E-state index in [-0.39, 0.29) is 5.56 Å². The summed E-state index contributed by atoms with van der Waals surface area (Å²) in [5.74, 6) is -1.30. The highest BCUT2D eigenvalue weighted by molar-refractivity contribution is 7.98. The summed E-state index contributed by atoms with van der Waals surface area (Å²) in [6.45, 7) is 2.86. The highest BCUT2D eigenvalue weighted by Gasteiger charge is 2.11. The van der Waals surface area contributed by atoms with Crippen LogP contribution in [0.3, 0.4) is 0 Å². The molecular formula is C13H13FN2O2S. The Morgan fingerprint density at radius 1 is 1.53 bits per heavy atom. The van der Waals surface area contributed by atoms with Gasteiger partial charge in [0, 0.05) is 29.1 Å². The lowest BCUT2D eigenvalue weighted by atomic mass is 10.2. The zero-order valence-corrected chi connectivity index (χ0v) is 11.2. The summed E-state index contributed by atoms with van der Waals surface area (Å²) in [6.07, 6.45) is 3.53. The maximum atomic E-state index is 13.2. The van der Waals surface area contributed by atoms with E-state index in [0.29, 0.717) is 5.75 Å². The average molecular weight is 280 g/mol. The molecule has 0 saturated carbocycles. The summed E-state index contributed by atoms with van der Waals surface area (Å²) in [5, 5.41) is 8.86. The van der Waals surface area contributed by atoms with Crippen LogP contribution in [0.25, 0.3) is 0 Å².